The molecule has 0 fully saturated rings. The number of halogens is 2. The Hall–Kier alpha value is -2.17. The summed E-state index contributed by atoms with van der Waals surface area (Å²) in [6, 6.07) is 10.3. The molecule has 94 valence electrons. The van der Waals surface area contributed by atoms with Crippen LogP contribution in [0.5, 0.6) is 0 Å². The second-order valence-corrected chi connectivity index (χ2v) is 3.74. The molecule has 0 saturated heterocycles. The van der Waals surface area contributed by atoms with Gasteiger partial charge in [0.25, 0.3) is 0 Å². The van der Waals surface area contributed by atoms with Gasteiger partial charge in [0.1, 0.15) is 0 Å². The molecule has 0 aliphatic rings. The van der Waals surface area contributed by atoms with Crippen LogP contribution < -0.4 is 10.6 Å². The van der Waals surface area contributed by atoms with E-state index in [0.29, 0.717) is 6.54 Å². The zero-order valence-corrected chi connectivity index (χ0v) is 9.87. The Labute approximate surface area is 104 Å². The van der Waals surface area contributed by atoms with Crippen LogP contribution in [-0.2, 0) is 6.54 Å². The summed E-state index contributed by atoms with van der Waals surface area (Å²) in [5.74, 6) is -1.36. The number of pyridine rings is 1. The highest BCUT2D eigenvalue weighted by Crippen LogP contribution is 2.19. The van der Waals surface area contributed by atoms with Crippen molar-refractivity contribution in [2.24, 2.45) is 0 Å². The van der Waals surface area contributed by atoms with Crippen molar-refractivity contribution >= 4 is 11.6 Å². The van der Waals surface area contributed by atoms with Crippen molar-refractivity contribution in [1.29, 1.82) is 0 Å². The van der Waals surface area contributed by atoms with Gasteiger partial charge in [-0.15, -0.1) is 0 Å². The van der Waals surface area contributed by atoms with Crippen LogP contribution in [0, 0.1) is 11.6 Å². The van der Waals surface area contributed by atoms with Gasteiger partial charge in [-0.05, 0) is 5.56 Å². The van der Waals surface area contributed by atoms with Gasteiger partial charge in [-0.2, -0.15) is 0 Å². The normalized spacial score (nSPS) is 10.2. The van der Waals surface area contributed by atoms with Crippen LogP contribution in [-0.4, -0.2) is 12.0 Å². The maximum absolute atomic E-state index is 13.5. The number of hydrogen-bond donors (Lipinski definition) is 2. The fourth-order valence-electron chi connectivity index (χ4n) is 1.55. The quantitative estimate of drug-likeness (QED) is 0.874. The Kier molecular flexibility index (Phi) is 3.72. The average molecular weight is 249 g/mol. The predicted molar refractivity (Wildman–Crippen MR) is 67.5 cm³/mol. The van der Waals surface area contributed by atoms with Gasteiger partial charge in [-0.3, -0.25) is 0 Å². The number of rotatable bonds is 4. The SMILES string of the molecule is CNc1nc(NCc2ccccc2)c(F)cc1F. The third-order valence-corrected chi connectivity index (χ3v) is 2.47. The molecular weight excluding hydrogens is 236 g/mol. The molecule has 0 aliphatic carbocycles. The highest BCUT2D eigenvalue weighted by Gasteiger charge is 2.10. The average Bonchev–Trinajstić information content (AvgIpc) is 2.39. The van der Waals surface area contributed by atoms with Crippen molar-refractivity contribution in [2.75, 3.05) is 17.7 Å². The van der Waals surface area contributed by atoms with Gasteiger partial charge in [0.15, 0.2) is 23.3 Å². The first-order valence-electron chi connectivity index (χ1n) is 5.52. The molecule has 0 radical (unpaired) electrons. The number of aromatic nitrogens is 1. The van der Waals surface area contributed by atoms with Crippen molar-refractivity contribution in [3.63, 3.8) is 0 Å². The smallest absolute Gasteiger partial charge is 0.168 e. The molecule has 1 heterocycles. The number of anilines is 2. The number of hydrogen-bond acceptors (Lipinski definition) is 3. The number of nitrogens with zero attached hydrogens (tertiary/aromatic N) is 1. The Morgan fingerprint density at radius 2 is 1.72 bits per heavy atom. The monoisotopic (exact) mass is 249 g/mol. The van der Waals surface area contributed by atoms with E-state index in [9.17, 15) is 8.78 Å². The van der Waals surface area contributed by atoms with Crippen molar-refractivity contribution in [2.45, 2.75) is 6.54 Å². The largest absolute Gasteiger partial charge is 0.371 e. The van der Waals surface area contributed by atoms with Gasteiger partial charge in [0, 0.05) is 19.7 Å². The summed E-state index contributed by atoms with van der Waals surface area (Å²) in [5, 5.41) is 5.41. The number of benzene rings is 1. The highest BCUT2D eigenvalue weighted by molar-refractivity contribution is 5.47. The van der Waals surface area contributed by atoms with Gasteiger partial charge in [-0.25, -0.2) is 13.8 Å². The first kappa shape index (κ1) is 12.3. The minimum absolute atomic E-state index is 0.0203. The van der Waals surface area contributed by atoms with E-state index in [1.54, 1.807) is 0 Å². The third kappa shape index (κ3) is 2.74. The van der Waals surface area contributed by atoms with E-state index in [2.05, 4.69) is 15.6 Å². The lowest BCUT2D eigenvalue weighted by atomic mass is 10.2. The Bertz CT molecular complexity index is 529. The topological polar surface area (TPSA) is 37.0 Å². The standard InChI is InChI=1S/C13H13F2N3/c1-16-12-10(14)7-11(15)13(18-12)17-8-9-5-3-2-4-6-9/h2-7H,8H2,1H3,(H2,16,17,18). The molecule has 1 aromatic carbocycles. The molecule has 3 nitrogen and oxygen atoms in total. The van der Waals surface area contributed by atoms with Gasteiger partial charge in [0.05, 0.1) is 0 Å². The highest BCUT2D eigenvalue weighted by atomic mass is 19.1. The van der Waals surface area contributed by atoms with E-state index in [4.69, 9.17) is 0 Å². The first-order valence-corrected chi connectivity index (χ1v) is 5.52. The lowest BCUT2D eigenvalue weighted by molar-refractivity contribution is 0.578. The molecule has 0 atom stereocenters. The van der Waals surface area contributed by atoms with Crippen molar-refractivity contribution in [3.05, 3.63) is 53.6 Å². The Morgan fingerprint density at radius 3 is 2.39 bits per heavy atom. The minimum atomic E-state index is -0.708. The van der Waals surface area contributed by atoms with Gasteiger partial charge in [-0.1, -0.05) is 30.3 Å². The molecule has 0 saturated carbocycles. The van der Waals surface area contributed by atoms with E-state index < -0.39 is 11.6 Å². The summed E-state index contributed by atoms with van der Waals surface area (Å²) in [4.78, 5) is 3.83. The minimum Gasteiger partial charge on any atom is -0.371 e. The van der Waals surface area contributed by atoms with Crippen LogP contribution in [0.3, 0.4) is 0 Å². The van der Waals surface area contributed by atoms with E-state index >= 15 is 0 Å². The van der Waals surface area contributed by atoms with Crippen molar-refractivity contribution in [3.8, 4) is 0 Å². The fraction of sp³-hybridized carbons (Fsp3) is 0.154. The molecule has 1 aromatic heterocycles. The zero-order chi connectivity index (χ0) is 13.0. The van der Waals surface area contributed by atoms with Gasteiger partial charge >= 0.3 is 0 Å². The number of nitrogens with one attached hydrogen (secondary N) is 2. The Morgan fingerprint density at radius 1 is 1.06 bits per heavy atom. The molecule has 0 unspecified atom stereocenters. The van der Waals surface area contributed by atoms with E-state index in [1.165, 1.54) is 7.05 Å². The van der Waals surface area contributed by atoms with Crippen LogP contribution in [0.4, 0.5) is 20.4 Å². The maximum Gasteiger partial charge on any atom is 0.168 e. The van der Waals surface area contributed by atoms with Crippen LogP contribution >= 0.6 is 0 Å². The van der Waals surface area contributed by atoms with Crippen LogP contribution in [0.2, 0.25) is 0 Å². The predicted octanol–water partition coefficient (Wildman–Crippen LogP) is 3.01. The van der Waals surface area contributed by atoms with E-state index in [1.807, 2.05) is 30.3 Å². The molecular formula is C13H13F2N3. The van der Waals surface area contributed by atoms with Gasteiger partial charge in [0.2, 0.25) is 0 Å². The summed E-state index contributed by atoms with van der Waals surface area (Å²) in [6.45, 7) is 0.430. The summed E-state index contributed by atoms with van der Waals surface area (Å²) in [6.07, 6.45) is 0. The summed E-state index contributed by atoms with van der Waals surface area (Å²) >= 11 is 0. The molecule has 18 heavy (non-hydrogen) atoms. The summed E-state index contributed by atoms with van der Waals surface area (Å²) in [7, 11) is 1.53. The molecule has 0 amide bonds. The molecule has 0 aliphatic heterocycles. The fourth-order valence-corrected chi connectivity index (χ4v) is 1.55. The zero-order valence-electron chi connectivity index (χ0n) is 9.87. The van der Waals surface area contributed by atoms with E-state index in [0.717, 1.165) is 11.6 Å². The van der Waals surface area contributed by atoms with E-state index in [-0.39, 0.29) is 11.6 Å². The van der Waals surface area contributed by atoms with Gasteiger partial charge < -0.3 is 10.6 Å². The summed E-state index contributed by atoms with van der Waals surface area (Å²) in [5.41, 5.74) is 0.994. The second kappa shape index (κ2) is 5.44. The lowest BCUT2D eigenvalue weighted by Crippen LogP contribution is -2.07. The molecule has 0 spiro atoms. The Balaban J connectivity index is 2.14. The lowest BCUT2D eigenvalue weighted by Gasteiger charge is -2.09. The molecule has 2 aromatic rings. The summed E-state index contributed by atoms with van der Waals surface area (Å²) < 4.78 is 26.7. The molecule has 2 N–H and O–H groups in total. The second-order valence-electron chi connectivity index (χ2n) is 3.74. The van der Waals surface area contributed by atoms with Crippen LogP contribution in [0.1, 0.15) is 5.56 Å². The van der Waals surface area contributed by atoms with Crippen LogP contribution in [0.15, 0.2) is 36.4 Å². The maximum atomic E-state index is 13.5. The molecule has 5 heteroatoms. The third-order valence-electron chi connectivity index (χ3n) is 2.47. The first-order chi connectivity index (χ1) is 8.70. The molecule has 0 bridgehead atoms. The van der Waals surface area contributed by atoms with Crippen molar-refractivity contribution in [1.82, 2.24) is 4.98 Å². The van der Waals surface area contributed by atoms with Crippen molar-refractivity contribution < 1.29 is 8.78 Å². The molecule has 2 rings (SSSR count). The van der Waals surface area contributed by atoms with Crippen LogP contribution in [0.25, 0.3) is 0 Å².